The number of aliphatic hydroxyl groups is 1. The van der Waals surface area contributed by atoms with Crippen molar-refractivity contribution in [1.82, 2.24) is 14.9 Å². The summed E-state index contributed by atoms with van der Waals surface area (Å²) in [6, 6.07) is 12.0. The summed E-state index contributed by atoms with van der Waals surface area (Å²) in [6.45, 7) is 2.30. The number of carbonyl (C=O) groups is 1. The molecule has 0 spiro atoms. The van der Waals surface area contributed by atoms with Crippen LogP contribution in [0.1, 0.15) is 47.3 Å². The van der Waals surface area contributed by atoms with Crippen molar-refractivity contribution in [2.75, 3.05) is 6.54 Å². The number of rotatable bonds is 5. The number of aryl methyl sites for hydroxylation is 1. The van der Waals surface area contributed by atoms with Crippen molar-refractivity contribution in [3.8, 4) is 11.1 Å². The Labute approximate surface area is 179 Å². The molecule has 6 heteroatoms. The molecule has 1 saturated carbocycles. The van der Waals surface area contributed by atoms with Gasteiger partial charge in [0.05, 0.1) is 6.61 Å². The van der Waals surface area contributed by atoms with E-state index in [2.05, 4.69) is 22.4 Å². The van der Waals surface area contributed by atoms with Gasteiger partial charge >= 0.3 is 0 Å². The molecule has 5 rings (SSSR count). The van der Waals surface area contributed by atoms with Crippen LogP contribution in [0.4, 0.5) is 0 Å². The van der Waals surface area contributed by atoms with Crippen LogP contribution in [-0.4, -0.2) is 27.1 Å². The highest BCUT2D eigenvalue weighted by Gasteiger charge is 2.30. The summed E-state index contributed by atoms with van der Waals surface area (Å²) < 4.78 is 1.56. The maximum absolute atomic E-state index is 12.8. The lowest BCUT2D eigenvalue weighted by Crippen LogP contribution is -2.23. The average molecular weight is 415 g/mol. The van der Waals surface area contributed by atoms with E-state index < -0.39 is 0 Å². The van der Waals surface area contributed by atoms with Crippen molar-refractivity contribution in [3.05, 3.63) is 69.8 Å². The number of hydrogen-bond donors (Lipinski definition) is 3. The number of aromatic amines is 1. The molecular weight excluding hydrogens is 390 g/mol. The Hall–Kier alpha value is -3.38. The molecule has 1 amide bonds. The van der Waals surface area contributed by atoms with E-state index in [1.165, 1.54) is 5.56 Å². The van der Waals surface area contributed by atoms with E-state index in [4.69, 9.17) is 0 Å². The van der Waals surface area contributed by atoms with E-state index in [1.807, 2.05) is 31.3 Å². The van der Waals surface area contributed by atoms with Crippen molar-refractivity contribution in [3.63, 3.8) is 0 Å². The second-order valence-corrected chi connectivity index (χ2v) is 8.26. The van der Waals surface area contributed by atoms with Gasteiger partial charge in [0, 0.05) is 30.7 Å². The second-order valence-electron chi connectivity index (χ2n) is 8.26. The Kier molecular flexibility index (Phi) is 4.67. The van der Waals surface area contributed by atoms with Crippen LogP contribution in [0, 0.1) is 0 Å². The fraction of sp³-hybridized carbons (Fsp3) is 0.280. The number of amides is 1. The van der Waals surface area contributed by atoms with Crippen LogP contribution in [0.3, 0.4) is 0 Å². The molecule has 0 unspecified atom stereocenters. The van der Waals surface area contributed by atoms with Crippen LogP contribution in [0.2, 0.25) is 0 Å². The zero-order valence-electron chi connectivity index (χ0n) is 17.7. The van der Waals surface area contributed by atoms with E-state index in [-0.39, 0.29) is 18.1 Å². The molecular formula is C25H25N3O3. The summed E-state index contributed by atoms with van der Waals surface area (Å²) in [4.78, 5) is 28.3. The van der Waals surface area contributed by atoms with Gasteiger partial charge in [-0.1, -0.05) is 24.3 Å². The molecule has 4 aromatic rings. The van der Waals surface area contributed by atoms with Crippen molar-refractivity contribution in [2.45, 2.75) is 32.3 Å². The molecule has 2 aromatic carbocycles. The smallest absolute Gasteiger partial charge is 0.274 e. The van der Waals surface area contributed by atoms with Gasteiger partial charge in [0.15, 0.2) is 0 Å². The van der Waals surface area contributed by atoms with E-state index in [0.717, 1.165) is 45.7 Å². The van der Waals surface area contributed by atoms with Gasteiger partial charge in [0.2, 0.25) is 0 Å². The van der Waals surface area contributed by atoms with Crippen molar-refractivity contribution >= 4 is 27.6 Å². The highest BCUT2D eigenvalue weighted by molar-refractivity contribution is 6.05. The normalized spacial score (nSPS) is 13.8. The van der Waals surface area contributed by atoms with Crippen molar-refractivity contribution < 1.29 is 9.90 Å². The Morgan fingerprint density at radius 1 is 1.16 bits per heavy atom. The highest BCUT2D eigenvalue weighted by atomic mass is 16.3. The molecule has 158 valence electrons. The SMILES string of the molecule is CCNC(=O)c1cc2c(-c3cc(CO)c4ccccc4c3C3CC3)cn(C)c(=O)c2[nH]1. The summed E-state index contributed by atoms with van der Waals surface area (Å²) in [5.74, 6) is 0.227. The molecule has 6 nitrogen and oxygen atoms in total. The monoisotopic (exact) mass is 415 g/mol. The molecule has 1 aliphatic carbocycles. The van der Waals surface area contributed by atoms with Gasteiger partial charge < -0.3 is 20.0 Å². The Balaban J connectivity index is 1.86. The number of aliphatic hydroxyl groups excluding tert-OH is 1. The fourth-order valence-electron chi connectivity index (χ4n) is 4.56. The number of pyridine rings is 1. The average Bonchev–Trinajstić information content (AvgIpc) is 3.52. The van der Waals surface area contributed by atoms with Crippen molar-refractivity contribution in [1.29, 1.82) is 0 Å². The zero-order chi connectivity index (χ0) is 21.7. The standard InChI is InChI=1S/C25H25N3O3/c1-3-26-24(30)21-11-19-20(12-28(2)25(31)23(19)27-21)18-10-15(13-29)16-6-4-5-7-17(16)22(18)14-8-9-14/h4-7,10-12,14,27,29H,3,8-9,13H2,1-2H3,(H,26,30). The number of benzene rings is 2. The predicted octanol–water partition coefficient (Wildman–Crippen LogP) is 3.81. The maximum Gasteiger partial charge on any atom is 0.274 e. The summed E-state index contributed by atoms with van der Waals surface area (Å²) in [5, 5.41) is 15.8. The zero-order valence-corrected chi connectivity index (χ0v) is 17.7. The van der Waals surface area contributed by atoms with E-state index >= 15 is 0 Å². The predicted molar refractivity (Wildman–Crippen MR) is 122 cm³/mol. The van der Waals surface area contributed by atoms with Crippen molar-refractivity contribution in [2.24, 2.45) is 7.05 Å². The fourth-order valence-corrected chi connectivity index (χ4v) is 4.56. The first-order valence-electron chi connectivity index (χ1n) is 10.7. The number of fused-ring (bicyclic) bond motifs is 2. The Bertz CT molecular complexity index is 1390. The van der Waals surface area contributed by atoms with Crippen LogP contribution >= 0.6 is 0 Å². The Morgan fingerprint density at radius 3 is 2.58 bits per heavy atom. The second kappa shape index (κ2) is 7.39. The number of nitrogens with one attached hydrogen (secondary N) is 2. The van der Waals surface area contributed by atoms with Crippen LogP contribution in [0.5, 0.6) is 0 Å². The summed E-state index contributed by atoms with van der Waals surface area (Å²) >= 11 is 0. The lowest BCUT2D eigenvalue weighted by molar-refractivity contribution is 0.0951. The van der Waals surface area contributed by atoms with Gasteiger partial charge in [-0.2, -0.15) is 0 Å². The topological polar surface area (TPSA) is 87.1 Å². The third kappa shape index (κ3) is 3.15. The number of H-pyrrole nitrogens is 1. The Morgan fingerprint density at radius 2 is 1.90 bits per heavy atom. The first kappa shape index (κ1) is 19.6. The number of carbonyl (C=O) groups excluding carboxylic acids is 1. The molecule has 0 bridgehead atoms. The largest absolute Gasteiger partial charge is 0.392 e. The highest BCUT2D eigenvalue weighted by Crippen LogP contribution is 2.49. The lowest BCUT2D eigenvalue weighted by Gasteiger charge is -2.17. The third-order valence-corrected chi connectivity index (χ3v) is 6.16. The lowest BCUT2D eigenvalue weighted by atomic mass is 9.88. The molecule has 31 heavy (non-hydrogen) atoms. The summed E-state index contributed by atoms with van der Waals surface area (Å²) in [5.41, 5.74) is 4.65. The molecule has 1 fully saturated rings. The minimum atomic E-state index is -0.233. The minimum absolute atomic E-state index is 0.0648. The quantitative estimate of drug-likeness (QED) is 0.463. The van der Waals surface area contributed by atoms with E-state index in [1.54, 1.807) is 17.7 Å². The summed E-state index contributed by atoms with van der Waals surface area (Å²) in [6.07, 6.45) is 4.10. The van der Waals surface area contributed by atoms with Crippen LogP contribution in [0.15, 0.2) is 47.4 Å². The van der Waals surface area contributed by atoms with Gasteiger partial charge in [-0.15, -0.1) is 0 Å². The molecule has 1 aliphatic rings. The molecule has 2 aromatic heterocycles. The molecule has 2 heterocycles. The first-order chi connectivity index (χ1) is 15.0. The number of hydrogen-bond acceptors (Lipinski definition) is 3. The van der Waals surface area contributed by atoms with Gasteiger partial charge in [-0.3, -0.25) is 9.59 Å². The van der Waals surface area contributed by atoms with E-state index in [9.17, 15) is 14.7 Å². The van der Waals surface area contributed by atoms with Gasteiger partial charge in [0.25, 0.3) is 11.5 Å². The van der Waals surface area contributed by atoms with E-state index in [0.29, 0.717) is 23.7 Å². The van der Waals surface area contributed by atoms with Gasteiger partial charge in [-0.05, 0) is 65.3 Å². The molecule has 0 saturated heterocycles. The first-order valence-corrected chi connectivity index (χ1v) is 10.7. The molecule has 0 aliphatic heterocycles. The van der Waals surface area contributed by atoms with Gasteiger partial charge in [0.1, 0.15) is 11.2 Å². The molecule has 3 N–H and O–H groups in total. The van der Waals surface area contributed by atoms with Crippen LogP contribution in [-0.2, 0) is 13.7 Å². The van der Waals surface area contributed by atoms with Crippen LogP contribution in [0.25, 0.3) is 32.8 Å². The van der Waals surface area contributed by atoms with Crippen LogP contribution < -0.4 is 10.9 Å². The number of nitrogens with zero attached hydrogens (tertiary/aromatic N) is 1. The molecule has 0 radical (unpaired) electrons. The molecule has 0 atom stereocenters. The minimum Gasteiger partial charge on any atom is -0.392 e. The van der Waals surface area contributed by atoms with Gasteiger partial charge in [-0.25, -0.2) is 0 Å². The summed E-state index contributed by atoms with van der Waals surface area (Å²) in [7, 11) is 1.72. The number of aromatic nitrogens is 2. The third-order valence-electron chi connectivity index (χ3n) is 6.16. The maximum atomic E-state index is 12.8.